The Balaban J connectivity index is 2.43. The van der Waals surface area contributed by atoms with Crippen LogP contribution < -0.4 is 11.1 Å². The number of carbonyl (C=O) groups excluding carboxylic acids is 1. The van der Waals surface area contributed by atoms with Crippen molar-refractivity contribution in [2.75, 3.05) is 39.3 Å². The van der Waals surface area contributed by atoms with Crippen LogP contribution in [0.15, 0.2) is 0 Å². The Labute approximate surface area is 117 Å². The molecule has 0 aromatic carbocycles. The first-order valence-electron chi connectivity index (χ1n) is 7.39. The molecule has 1 saturated heterocycles. The van der Waals surface area contributed by atoms with E-state index >= 15 is 0 Å². The molecule has 5 heteroatoms. The standard InChI is InChI=1S/C14H30N4O/c1-5-6-16-13(19)12(2)17-7-9-18(10-8-17)14(3,4)11-15/h12H,5-11,15H2,1-4H3,(H,16,19). The molecule has 1 unspecified atom stereocenters. The number of rotatable bonds is 6. The Morgan fingerprint density at radius 1 is 1.32 bits per heavy atom. The van der Waals surface area contributed by atoms with Gasteiger partial charge in [-0.05, 0) is 27.2 Å². The van der Waals surface area contributed by atoms with Crippen LogP contribution in [-0.4, -0.2) is 66.6 Å². The molecule has 0 spiro atoms. The summed E-state index contributed by atoms with van der Waals surface area (Å²) in [5.74, 6) is 0.147. The van der Waals surface area contributed by atoms with Crippen molar-refractivity contribution in [3.63, 3.8) is 0 Å². The Bertz CT molecular complexity index is 285. The number of nitrogens with one attached hydrogen (secondary N) is 1. The highest BCUT2D eigenvalue weighted by molar-refractivity contribution is 5.81. The summed E-state index contributed by atoms with van der Waals surface area (Å²) in [7, 11) is 0. The summed E-state index contributed by atoms with van der Waals surface area (Å²) in [5, 5.41) is 2.97. The first-order valence-corrected chi connectivity index (χ1v) is 7.39. The van der Waals surface area contributed by atoms with E-state index in [2.05, 4.69) is 35.9 Å². The molecule has 5 nitrogen and oxygen atoms in total. The second-order valence-electron chi connectivity index (χ2n) is 6.01. The van der Waals surface area contributed by atoms with Crippen LogP contribution in [0, 0.1) is 0 Å². The van der Waals surface area contributed by atoms with E-state index in [4.69, 9.17) is 5.73 Å². The molecule has 1 aliphatic rings. The molecule has 1 fully saturated rings. The molecule has 1 aliphatic heterocycles. The van der Waals surface area contributed by atoms with Gasteiger partial charge in [0.2, 0.25) is 5.91 Å². The van der Waals surface area contributed by atoms with Crippen LogP contribution >= 0.6 is 0 Å². The maximum atomic E-state index is 11.9. The molecule has 0 bridgehead atoms. The molecule has 0 radical (unpaired) electrons. The molecule has 3 N–H and O–H groups in total. The summed E-state index contributed by atoms with van der Waals surface area (Å²) in [5.41, 5.74) is 5.87. The third-order valence-corrected chi connectivity index (χ3v) is 4.15. The van der Waals surface area contributed by atoms with Gasteiger partial charge in [-0.3, -0.25) is 14.6 Å². The summed E-state index contributed by atoms with van der Waals surface area (Å²) < 4.78 is 0. The van der Waals surface area contributed by atoms with Crippen LogP contribution in [0.3, 0.4) is 0 Å². The largest absolute Gasteiger partial charge is 0.355 e. The number of amides is 1. The molecular formula is C14H30N4O. The number of carbonyl (C=O) groups is 1. The molecule has 112 valence electrons. The number of nitrogens with two attached hydrogens (primary N) is 1. The predicted molar refractivity (Wildman–Crippen MR) is 79.0 cm³/mol. The summed E-state index contributed by atoms with van der Waals surface area (Å²) in [6, 6.07) is -0.0327. The minimum Gasteiger partial charge on any atom is -0.355 e. The Kier molecular flexibility index (Phi) is 6.23. The third kappa shape index (κ3) is 4.44. The zero-order valence-electron chi connectivity index (χ0n) is 12.9. The topological polar surface area (TPSA) is 61.6 Å². The highest BCUT2D eigenvalue weighted by Crippen LogP contribution is 2.16. The average Bonchev–Trinajstić information content (AvgIpc) is 2.44. The number of hydrogen-bond donors (Lipinski definition) is 2. The molecule has 1 rings (SSSR count). The van der Waals surface area contributed by atoms with Gasteiger partial charge in [-0.15, -0.1) is 0 Å². The summed E-state index contributed by atoms with van der Waals surface area (Å²) in [6.07, 6.45) is 0.983. The van der Waals surface area contributed by atoms with Crippen LogP contribution in [-0.2, 0) is 4.79 Å². The van der Waals surface area contributed by atoms with Crippen molar-refractivity contribution < 1.29 is 4.79 Å². The van der Waals surface area contributed by atoms with Crippen molar-refractivity contribution in [1.82, 2.24) is 15.1 Å². The summed E-state index contributed by atoms with van der Waals surface area (Å²) >= 11 is 0. The lowest BCUT2D eigenvalue weighted by molar-refractivity contribution is -0.126. The van der Waals surface area contributed by atoms with Gasteiger partial charge >= 0.3 is 0 Å². The van der Waals surface area contributed by atoms with Crippen molar-refractivity contribution in [3.05, 3.63) is 0 Å². The van der Waals surface area contributed by atoms with Crippen LogP contribution in [0.2, 0.25) is 0 Å². The maximum Gasteiger partial charge on any atom is 0.237 e. The van der Waals surface area contributed by atoms with Crippen molar-refractivity contribution >= 4 is 5.91 Å². The van der Waals surface area contributed by atoms with E-state index in [0.29, 0.717) is 6.54 Å². The first-order chi connectivity index (χ1) is 8.92. The average molecular weight is 270 g/mol. The minimum atomic E-state index is -0.0327. The Morgan fingerprint density at radius 3 is 2.37 bits per heavy atom. The smallest absolute Gasteiger partial charge is 0.237 e. The van der Waals surface area contributed by atoms with Gasteiger partial charge in [0.15, 0.2) is 0 Å². The number of piperazine rings is 1. The second-order valence-corrected chi connectivity index (χ2v) is 6.01. The van der Waals surface area contributed by atoms with E-state index in [1.165, 1.54) is 0 Å². The summed E-state index contributed by atoms with van der Waals surface area (Å²) in [4.78, 5) is 16.6. The van der Waals surface area contributed by atoms with Crippen LogP contribution in [0.5, 0.6) is 0 Å². The molecule has 1 heterocycles. The third-order valence-electron chi connectivity index (χ3n) is 4.15. The van der Waals surface area contributed by atoms with E-state index in [1.54, 1.807) is 0 Å². The van der Waals surface area contributed by atoms with Gasteiger partial charge in [0.25, 0.3) is 0 Å². The normalized spacial score (nSPS) is 20.3. The van der Waals surface area contributed by atoms with E-state index in [9.17, 15) is 4.79 Å². The van der Waals surface area contributed by atoms with Crippen molar-refractivity contribution in [1.29, 1.82) is 0 Å². The van der Waals surface area contributed by atoms with Crippen LogP contribution in [0.25, 0.3) is 0 Å². The zero-order valence-corrected chi connectivity index (χ0v) is 12.9. The fourth-order valence-corrected chi connectivity index (χ4v) is 2.41. The molecule has 0 aromatic rings. The first kappa shape index (κ1) is 16.4. The fourth-order valence-electron chi connectivity index (χ4n) is 2.41. The van der Waals surface area contributed by atoms with Gasteiger partial charge in [-0.2, -0.15) is 0 Å². The Morgan fingerprint density at radius 2 is 1.89 bits per heavy atom. The SMILES string of the molecule is CCCNC(=O)C(C)N1CCN(C(C)(C)CN)CC1. The van der Waals surface area contributed by atoms with E-state index in [-0.39, 0.29) is 17.5 Å². The maximum absolute atomic E-state index is 11.9. The molecule has 0 aliphatic carbocycles. The molecule has 0 aromatic heterocycles. The number of nitrogens with zero attached hydrogens (tertiary/aromatic N) is 2. The van der Waals surface area contributed by atoms with Crippen LogP contribution in [0.4, 0.5) is 0 Å². The predicted octanol–water partition coefficient (Wildman–Crippen LogP) is 0.256. The Hall–Kier alpha value is -0.650. The monoisotopic (exact) mass is 270 g/mol. The minimum absolute atomic E-state index is 0.0327. The molecule has 1 amide bonds. The highest BCUT2D eigenvalue weighted by atomic mass is 16.2. The highest BCUT2D eigenvalue weighted by Gasteiger charge is 2.31. The quantitative estimate of drug-likeness (QED) is 0.726. The lowest BCUT2D eigenvalue weighted by atomic mass is 10.0. The van der Waals surface area contributed by atoms with Crippen molar-refractivity contribution in [2.45, 2.75) is 45.7 Å². The molecule has 19 heavy (non-hydrogen) atoms. The molecular weight excluding hydrogens is 240 g/mol. The van der Waals surface area contributed by atoms with Crippen LogP contribution in [0.1, 0.15) is 34.1 Å². The van der Waals surface area contributed by atoms with Crippen molar-refractivity contribution in [2.24, 2.45) is 5.73 Å². The fraction of sp³-hybridized carbons (Fsp3) is 0.929. The molecule has 0 saturated carbocycles. The number of hydrogen-bond acceptors (Lipinski definition) is 4. The lowest BCUT2D eigenvalue weighted by Gasteiger charge is -2.44. The second kappa shape index (κ2) is 7.22. The van der Waals surface area contributed by atoms with Gasteiger partial charge in [-0.25, -0.2) is 0 Å². The van der Waals surface area contributed by atoms with Gasteiger partial charge in [-0.1, -0.05) is 6.92 Å². The lowest BCUT2D eigenvalue weighted by Crippen LogP contribution is -2.60. The van der Waals surface area contributed by atoms with E-state index in [0.717, 1.165) is 39.1 Å². The van der Waals surface area contributed by atoms with Gasteiger partial charge in [0, 0.05) is 44.8 Å². The van der Waals surface area contributed by atoms with E-state index < -0.39 is 0 Å². The van der Waals surface area contributed by atoms with Gasteiger partial charge in [0.1, 0.15) is 0 Å². The van der Waals surface area contributed by atoms with E-state index in [1.807, 2.05) is 6.92 Å². The van der Waals surface area contributed by atoms with Gasteiger partial charge in [0.05, 0.1) is 6.04 Å². The zero-order chi connectivity index (χ0) is 14.5. The molecule has 1 atom stereocenters. The van der Waals surface area contributed by atoms with Gasteiger partial charge < -0.3 is 11.1 Å². The summed E-state index contributed by atoms with van der Waals surface area (Å²) in [6.45, 7) is 13.7. The van der Waals surface area contributed by atoms with Crippen molar-refractivity contribution in [3.8, 4) is 0 Å².